The summed E-state index contributed by atoms with van der Waals surface area (Å²) >= 11 is 3.06. The highest BCUT2D eigenvalue weighted by Crippen LogP contribution is 1.99. The minimum atomic E-state index is -0.455. The summed E-state index contributed by atoms with van der Waals surface area (Å²) in [6, 6.07) is 0. The Morgan fingerprint density at radius 1 is 1.64 bits per heavy atom. The van der Waals surface area contributed by atoms with Gasteiger partial charge in [-0.25, -0.2) is 0 Å². The molecule has 0 rings (SSSR count). The lowest BCUT2D eigenvalue weighted by Crippen LogP contribution is -2.19. The highest BCUT2D eigenvalue weighted by atomic mass is 79.9. The van der Waals surface area contributed by atoms with Gasteiger partial charge in [-0.05, 0) is 6.92 Å². The van der Waals surface area contributed by atoms with Crippen molar-refractivity contribution in [2.45, 2.75) is 18.1 Å². The van der Waals surface area contributed by atoms with Gasteiger partial charge in [-0.3, -0.25) is 9.59 Å². The van der Waals surface area contributed by atoms with E-state index in [9.17, 15) is 9.59 Å². The molecule has 0 aromatic rings. The summed E-state index contributed by atoms with van der Waals surface area (Å²) in [6.07, 6.45) is -0.139. The van der Waals surface area contributed by atoms with E-state index in [0.29, 0.717) is 6.61 Å². The average Bonchev–Trinajstić information content (AvgIpc) is 1.87. The first-order valence-corrected chi connectivity index (χ1v) is 4.32. The van der Waals surface area contributed by atoms with Gasteiger partial charge in [0.15, 0.2) is 0 Å². The molecule has 1 unspecified atom stereocenters. The number of carbonyl (C=O) groups is 2. The summed E-state index contributed by atoms with van der Waals surface area (Å²) in [5.74, 6) is -0.604. The van der Waals surface area contributed by atoms with Crippen molar-refractivity contribution in [3.63, 3.8) is 0 Å². The third-order valence-corrected chi connectivity index (χ3v) is 1.58. The van der Waals surface area contributed by atoms with Gasteiger partial charge in [0.05, 0.1) is 6.61 Å². The third-order valence-electron chi connectivity index (χ3n) is 1.07. The maximum atomic E-state index is 10.9. The second-order valence-corrected chi connectivity index (χ2v) is 3.44. The van der Waals surface area contributed by atoms with Crippen LogP contribution in [0.3, 0.4) is 0 Å². The number of rotatable bonds is 4. The first-order valence-electron chi connectivity index (χ1n) is 3.40. The molecule has 0 aliphatic heterocycles. The molecule has 0 bridgehead atoms. The van der Waals surface area contributed by atoms with Crippen LogP contribution in [0.2, 0.25) is 0 Å². The quantitative estimate of drug-likeness (QED) is 0.287. The van der Waals surface area contributed by atoms with Crippen LogP contribution in [0.15, 0.2) is 0 Å². The van der Waals surface area contributed by atoms with Crippen LogP contribution in [-0.4, -0.2) is 30.9 Å². The summed E-state index contributed by atoms with van der Waals surface area (Å²) in [5, 5.41) is 0. The fraction of sp³-hybridized carbons (Fsp3) is 0.667. The maximum absolute atomic E-state index is 10.9. The standard InChI is InChI=1S/C6H10BBrO3/c1-2-11-5(10)3-4(9)6(7)8/h6H,2-3,7H2,1H3. The SMILES string of the molecule is BC(Br)C(=O)CC(=O)OCC. The molecule has 0 spiro atoms. The summed E-state index contributed by atoms with van der Waals surface area (Å²) in [5.41, 5.74) is 0. The minimum Gasteiger partial charge on any atom is -0.466 e. The zero-order chi connectivity index (χ0) is 8.85. The van der Waals surface area contributed by atoms with Crippen molar-refractivity contribution >= 4 is 35.5 Å². The number of hydrogen-bond donors (Lipinski definition) is 0. The molecule has 0 aromatic carbocycles. The Kier molecular flexibility index (Phi) is 5.20. The van der Waals surface area contributed by atoms with Gasteiger partial charge in [0.2, 0.25) is 0 Å². The van der Waals surface area contributed by atoms with Crippen LogP contribution in [0.25, 0.3) is 0 Å². The fourth-order valence-electron chi connectivity index (χ4n) is 0.495. The van der Waals surface area contributed by atoms with E-state index in [1.807, 2.05) is 0 Å². The number of Topliss-reactive ketones (excluding diaryl/α,β-unsaturated/α-hetero) is 1. The molecule has 1 atom stereocenters. The monoisotopic (exact) mass is 220 g/mol. The Hall–Kier alpha value is -0.315. The predicted octanol–water partition coefficient (Wildman–Crippen LogP) is -0.137. The highest BCUT2D eigenvalue weighted by Gasteiger charge is 2.14. The van der Waals surface area contributed by atoms with E-state index in [-0.39, 0.29) is 16.9 Å². The van der Waals surface area contributed by atoms with E-state index in [1.165, 1.54) is 0 Å². The van der Waals surface area contributed by atoms with Gasteiger partial charge >= 0.3 is 5.97 Å². The summed E-state index contributed by atoms with van der Waals surface area (Å²) in [4.78, 5) is 21.6. The molecule has 0 radical (unpaired) electrons. The fourth-order valence-corrected chi connectivity index (χ4v) is 0.657. The van der Waals surface area contributed by atoms with Gasteiger partial charge in [-0.2, -0.15) is 0 Å². The second kappa shape index (κ2) is 5.35. The van der Waals surface area contributed by atoms with Crippen LogP contribution in [0, 0.1) is 0 Å². The lowest BCUT2D eigenvalue weighted by Gasteiger charge is -2.01. The van der Waals surface area contributed by atoms with Crippen LogP contribution in [0.5, 0.6) is 0 Å². The topological polar surface area (TPSA) is 43.4 Å². The number of esters is 1. The molecule has 11 heavy (non-hydrogen) atoms. The molecule has 5 heteroatoms. The summed E-state index contributed by atoms with van der Waals surface area (Å²) in [7, 11) is 1.68. The Labute approximate surface area is 75.0 Å². The second-order valence-electron chi connectivity index (χ2n) is 2.06. The Morgan fingerprint density at radius 2 is 2.18 bits per heavy atom. The van der Waals surface area contributed by atoms with Gasteiger partial charge in [0.1, 0.15) is 20.1 Å². The van der Waals surface area contributed by atoms with E-state index in [2.05, 4.69) is 20.7 Å². The molecule has 0 saturated carbocycles. The van der Waals surface area contributed by atoms with Crippen LogP contribution in [0.1, 0.15) is 13.3 Å². The number of hydrogen-bond acceptors (Lipinski definition) is 3. The zero-order valence-corrected chi connectivity index (χ0v) is 8.18. The minimum absolute atomic E-state index is 0.139. The molecule has 62 valence electrons. The van der Waals surface area contributed by atoms with Crippen molar-refractivity contribution in [3.05, 3.63) is 0 Å². The smallest absolute Gasteiger partial charge is 0.313 e. The number of halogens is 1. The van der Waals surface area contributed by atoms with E-state index in [4.69, 9.17) is 0 Å². The van der Waals surface area contributed by atoms with Crippen LogP contribution < -0.4 is 0 Å². The van der Waals surface area contributed by atoms with Crippen LogP contribution >= 0.6 is 15.9 Å². The van der Waals surface area contributed by atoms with Crippen molar-refractivity contribution in [1.29, 1.82) is 0 Å². The van der Waals surface area contributed by atoms with Crippen molar-refractivity contribution in [2.75, 3.05) is 6.61 Å². The number of ether oxygens (including phenoxy) is 1. The van der Waals surface area contributed by atoms with E-state index in [1.54, 1.807) is 14.8 Å². The highest BCUT2D eigenvalue weighted by molar-refractivity contribution is 9.10. The van der Waals surface area contributed by atoms with Crippen molar-refractivity contribution in [2.24, 2.45) is 0 Å². The average molecular weight is 221 g/mol. The Balaban J connectivity index is 3.67. The summed E-state index contributed by atoms with van der Waals surface area (Å²) < 4.78 is 4.31. The lowest BCUT2D eigenvalue weighted by molar-refractivity contribution is -0.145. The normalized spacial score (nSPS) is 12.2. The lowest BCUT2D eigenvalue weighted by atomic mass is 9.99. The Bertz CT molecular complexity index is 158. The number of carbonyl (C=O) groups excluding carboxylic acids is 2. The first-order chi connectivity index (χ1) is 5.07. The largest absolute Gasteiger partial charge is 0.466 e. The molecule has 0 aliphatic carbocycles. The molecule has 0 aliphatic rings. The first kappa shape index (κ1) is 10.7. The maximum Gasteiger partial charge on any atom is 0.313 e. The third kappa shape index (κ3) is 5.01. The molecule has 0 saturated heterocycles. The van der Waals surface area contributed by atoms with Gasteiger partial charge in [0.25, 0.3) is 0 Å². The van der Waals surface area contributed by atoms with E-state index >= 15 is 0 Å². The number of alkyl halides is 1. The Morgan fingerprint density at radius 3 is 2.55 bits per heavy atom. The van der Waals surface area contributed by atoms with Gasteiger partial charge in [-0.15, -0.1) is 0 Å². The molecule has 0 N–H and O–H groups in total. The van der Waals surface area contributed by atoms with Crippen molar-refractivity contribution < 1.29 is 14.3 Å². The molecular formula is C6H10BBrO3. The number of ketones is 1. The van der Waals surface area contributed by atoms with Gasteiger partial charge < -0.3 is 4.74 Å². The molecule has 0 aromatic heterocycles. The van der Waals surface area contributed by atoms with Crippen LogP contribution in [-0.2, 0) is 14.3 Å². The van der Waals surface area contributed by atoms with Gasteiger partial charge in [-0.1, -0.05) is 15.9 Å². The predicted molar refractivity (Wildman–Crippen MR) is 47.5 cm³/mol. The molecule has 3 nitrogen and oxygen atoms in total. The molecule has 0 heterocycles. The van der Waals surface area contributed by atoms with Crippen LogP contribution in [0.4, 0.5) is 0 Å². The van der Waals surface area contributed by atoms with Crippen molar-refractivity contribution in [1.82, 2.24) is 0 Å². The summed E-state index contributed by atoms with van der Waals surface area (Å²) in [6.45, 7) is 2.03. The van der Waals surface area contributed by atoms with Gasteiger partial charge in [0, 0.05) is 4.73 Å². The zero-order valence-electron chi connectivity index (χ0n) is 6.59. The van der Waals surface area contributed by atoms with E-state index < -0.39 is 5.97 Å². The van der Waals surface area contributed by atoms with Crippen molar-refractivity contribution in [3.8, 4) is 0 Å². The molecule has 0 amide bonds. The molecular weight excluding hydrogens is 211 g/mol. The van der Waals surface area contributed by atoms with E-state index in [0.717, 1.165) is 0 Å². The molecule has 0 fully saturated rings.